The number of benzene rings is 1. The van der Waals surface area contributed by atoms with Crippen molar-refractivity contribution in [3.8, 4) is 5.75 Å². The average Bonchev–Trinajstić information content (AvgIpc) is 2.10. The molecule has 72 valence electrons. The maximum absolute atomic E-state index is 13.0. The average molecular weight is 183 g/mol. The minimum Gasteiger partial charge on any atom is -0.505 e. The summed E-state index contributed by atoms with van der Waals surface area (Å²) in [5.41, 5.74) is 6.76. The standard InChI is InChI=1S/C10H14FNO/c1-7-5-8(3-2-4-12)6-9(13)10(7)11/h5-6,13H,2-4,12H2,1H3. The Hall–Kier alpha value is -1.09. The summed E-state index contributed by atoms with van der Waals surface area (Å²) in [6, 6.07) is 3.20. The number of phenolic OH excluding ortho intramolecular Hbond substituents is 1. The predicted octanol–water partition coefficient (Wildman–Crippen LogP) is 1.73. The number of nitrogens with two attached hydrogens (primary N) is 1. The zero-order valence-corrected chi connectivity index (χ0v) is 7.68. The van der Waals surface area contributed by atoms with Gasteiger partial charge in [0.15, 0.2) is 11.6 Å². The highest BCUT2D eigenvalue weighted by Crippen LogP contribution is 2.21. The van der Waals surface area contributed by atoms with Crippen LogP contribution in [0.25, 0.3) is 0 Å². The molecular weight excluding hydrogens is 169 g/mol. The summed E-state index contributed by atoms with van der Waals surface area (Å²) >= 11 is 0. The van der Waals surface area contributed by atoms with Gasteiger partial charge in [0.05, 0.1) is 0 Å². The van der Waals surface area contributed by atoms with Gasteiger partial charge in [0, 0.05) is 0 Å². The summed E-state index contributed by atoms with van der Waals surface area (Å²) in [6.45, 7) is 2.25. The lowest BCUT2D eigenvalue weighted by Gasteiger charge is -2.04. The van der Waals surface area contributed by atoms with Crippen LogP contribution in [0.3, 0.4) is 0 Å². The molecule has 0 saturated carbocycles. The molecule has 1 aromatic carbocycles. The van der Waals surface area contributed by atoms with Crippen molar-refractivity contribution in [1.29, 1.82) is 0 Å². The van der Waals surface area contributed by atoms with E-state index < -0.39 is 5.82 Å². The topological polar surface area (TPSA) is 46.2 Å². The lowest BCUT2D eigenvalue weighted by molar-refractivity contribution is 0.429. The molecule has 0 saturated heterocycles. The molecule has 0 fully saturated rings. The second-order valence-corrected chi connectivity index (χ2v) is 3.14. The van der Waals surface area contributed by atoms with Crippen molar-refractivity contribution in [3.05, 3.63) is 29.1 Å². The first-order chi connectivity index (χ1) is 6.15. The fraction of sp³-hybridized carbons (Fsp3) is 0.400. The van der Waals surface area contributed by atoms with E-state index in [4.69, 9.17) is 5.73 Å². The van der Waals surface area contributed by atoms with Crippen LogP contribution in [-0.4, -0.2) is 11.7 Å². The summed E-state index contributed by atoms with van der Waals surface area (Å²) in [7, 11) is 0. The van der Waals surface area contributed by atoms with Crippen LogP contribution >= 0.6 is 0 Å². The van der Waals surface area contributed by atoms with Crippen molar-refractivity contribution in [3.63, 3.8) is 0 Å². The van der Waals surface area contributed by atoms with E-state index in [-0.39, 0.29) is 5.75 Å². The SMILES string of the molecule is Cc1cc(CCCN)cc(O)c1F. The second kappa shape index (κ2) is 4.23. The van der Waals surface area contributed by atoms with Crippen molar-refractivity contribution in [2.45, 2.75) is 19.8 Å². The van der Waals surface area contributed by atoms with Gasteiger partial charge < -0.3 is 10.8 Å². The normalized spacial score (nSPS) is 10.4. The van der Waals surface area contributed by atoms with Crippen LogP contribution in [0, 0.1) is 12.7 Å². The van der Waals surface area contributed by atoms with E-state index in [2.05, 4.69) is 0 Å². The van der Waals surface area contributed by atoms with Crippen LogP contribution in [0.15, 0.2) is 12.1 Å². The van der Waals surface area contributed by atoms with Crippen LogP contribution in [0.2, 0.25) is 0 Å². The molecule has 0 aliphatic carbocycles. The van der Waals surface area contributed by atoms with Crippen molar-refractivity contribution < 1.29 is 9.50 Å². The van der Waals surface area contributed by atoms with E-state index in [1.54, 1.807) is 13.0 Å². The summed E-state index contributed by atoms with van der Waals surface area (Å²) < 4.78 is 13.0. The lowest BCUT2D eigenvalue weighted by Crippen LogP contribution is -2.00. The van der Waals surface area contributed by atoms with E-state index in [0.29, 0.717) is 12.1 Å². The summed E-state index contributed by atoms with van der Waals surface area (Å²) in [4.78, 5) is 0. The number of phenols is 1. The third-order valence-corrected chi connectivity index (χ3v) is 1.96. The summed E-state index contributed by atoms with van der Waals surface area (Å²) in [5, 5.41) is 9.17. The Labute approximate surface area is 77.2 Å². The van der Waals surface area contributed by atoms with Gasteiger partial charge in [-0.1, -0.05) is 6.07 Å². The third-order valence-electron chi connectivity index (χ3n) is 1.96. The van der Waals surface area contributed by atoms with Gasteiger partial charge in [-0.05, 0) is 43.5 Å². The smallest absolute Gasteiger partial charge is 0.167 e. The molecule has 0 aromatic heterocycles. The van der Waals surface area contributed by atoms with Gasteiger partial charge in [0.1, 0.15) is 0 Å². The molecular formula is C10H14FNO. The molecule has 1 aromatic rings. The molecule has 3 heteroatoms. The van der Waals surface area contributed by atoms with Gasteiger partial charge in [-0.2, -0.15) is 0 Å². The quantitative estimate of drug-likeness (QED) is 0.749. The first-order valence-corrected chi connectivity index (χ1v) is 4.33. The Bertz CT molecular complexity index is 276. The van der Waals surface area contributed by atoms with E-state index in [0.717, 1.165) is 18.4 Å². The summed E-state index contributed by atoms with van der Waals surface area (Å²) in [5.74, 6) is -0.802. The van der Waals surface area contributed by atoms with Gasteiger partial charge in [-0.15, -0.1) is 0 Å². The number of hydrogen-bond acceptors (Lipinski definition) is 2. The molecule has 0 aliphatic rings. The molecule has 0 heterocycles. The number of aryl methyl sites for hydroxylation is 2. The highest BCUT2D eigenvalue weighted by atomic mass is 19.1. The van der Waals surface area contributed by atoms with Crippen LogP contribution < -0.4 is 5.73 Å². The maximum atomic E-state index is 13.0. The molecule has 3 N–H and O–H groups in total. The van der Waals surface area contributed by atoms with Crippen molar-refractivity contribution in [2.75, 3.05) is 6.54 Å². The Kier molecular flexibility index (Phi) is 3.25. The first-order valence-electron chi connectivity index (χ1n) is 4.33. The number of hydrogen-bond donors (Lipinski definition) is 2. The van der Waals surface area contributed by atoms with Crippen molar-refractivity contribution >= 4 is 0 Å². The van der Waals surface area contributed by atoms with Gasteiger partial charge >= 0.3 is 0 Å². The molecule has 2 nitrogen and oxygen atoms in total. The molecule has 0 atom stereocenters. The Balaban J connectivity index is 2.86. The van der Waals surface area contributed by atoms with Gasteiger partial charge in [-0.25, -0.2) is 4.39 Å². The molecule has 0 radical (unpaired) electrons. The third kappa shape index (κ3) is 2.42. The summed E-state index contributed by atoms with van der Waals surface area (Å²) in [6.07, 6.45) is 1.63. The van der Waals surface area contributed by atoms with Crippen LogP contribution in [0.1, 0.15) is 17.5 Å². The second-order valence-electron chi connectivity index (χ2n) is 3.14. The largest absolute Gasteiger partial charge is 0.505 e. The number of rotatable bonds is 3. The molecule has 0 unspecified atom stereocenters. The highest BCUT2D eigenvalue weighted by molar-refractivity contribution is 5.34. The predicted molar refractivity (Wildman–Crippen MR) is 50.2 cm³/mol. The zero-order valence-electron chi connectivity index (χ0n) is 7.68. The fourth-order valence-electron chi connectivity index (χ4n) is 1.27. The molecule has 0 bridgehead atoms. The van der Waals surface area contributed by atoms with E-state index in [1.807, 2.05) is 0 Å². The minimum absolute atomic E-state index is 0.271. The fourth-order valence-corrected chi connectivity index (χ4v) is 1.27. The van der Waals surface area contributed by atoms with E-state index in [1.165, 1.54) is 6.07 Å². The molecule has 13 heavy (non-hydrogen) atoms. The van der Waals surface area contributed by atoms with Gasteiger partial charge in [0.2, 0.25) is 0 Å². The Morgan fingerprint density at radius 3 is 2.69 bits per heavy atom. The van der Waals surface area contributed by atoms with Gasteiger partial charge in [-0.3, -0.25) is 0 Å². The van der Waals surface area contributed by atoms with Crippen molar-refractivity contribution in [2.24, 2.45) is 5.73 Å². The maximum Gasteiger partial charge on any atom is 0.167 e. The number of aromatic hydroxyl groups is 1. The highest BCUT2D eigenvalue weighted by Gasteiger charge is 2.05. The van der Waals surface area contributed by atoms with Crippen molar-refractivity contribution in [1.82, 2.24) is 0 Å². The van der Waals surface area contributed by atoms with Crippen LogP contribution in [0.4, 0.5) is 4.39 Å². The van der Waals surface area contributed by atoms with E-state index >= 15 is 0 Å². The number of halogens is 1. The van der Waals surface area contributed by atoms with Gasteiger partial charge in [0.25, 0.3) is 0 Å². The monoisotopic (exact) mass is 183 g/mol. The Morgan fingerprint density at radius 2 is 2.15 bits per heavy atom. The van der Waals surface area contributed by atoms with Crippen LogP contribution in [0.5, 0.6) is 5.75 Å². The van der Waals surface area contributed by atoms with Crippen LogP contribution in [-0.2, 0) is 6.42 Å². The Morgan fingerprint density at radius 1 is 1.46 bits per heavy atom. The first kappa shape index (κ1) is 9.99. The van der Waals surface area contributed by atoms with E-state index in [9.17, 15) is 9.50 Å². The molecule has 0 aliphatic heterocycles. The molecule has 1 rings (SSSR count). The molecule has 0 amide bonds. The zero-order chi connectivity index (χ0) is 9.84. The molecule has 0 spiro atoms. The minimum atomic E-state index is -0.531. The lowest BCUT2D eigenvalue weighted by atomic mass is 10.1.